The molecule has 0 aromatic heterocycles. The van der Waals surface area contributed by atoms with Crippen LogP contribution in [0.5, 0.6) is 0 Å². The molecule has 2 aromatic carbocycles. The lowest BCUT2D eigenvalue weighted by molar-refractivity contribution is 0.805. The van der Waals surface area contributed by atoms with Gasteiger partial charge < -0.3 is 0 Å². The third-order valence-corrected chi connectivity index (χ3v) is 3.88. The highest BCUT2D eigenvalue weighted by molar-refractivity contribution is 6.53. The Morgan fingerprint density at radius 2 is 1.00 bits per heavy atom. The van der Waals surface area contributed by atoms with Crippen molar-refractivity contribution in [3.8, 4) is 0 Å². The smallest absolute Gasteiger partial charge is 0.0904 e. The molecule has 2 heteroatoms. The van der Waals surface area contributed by atoms with Crippen LogP contribution in [0.15, 0.2) is 70.6 Å². The van der Waals surface area contributed by atoms with Crippen molar-refractivity contribution in [1.29, 1.82) is 0 Å². The number of hydrogen-bond acceptors (Lipinski definition) is 2. The van der Waals surface area contributed by atoms with Gasteiger partial charge in [0.05, 0.1) is 11.4 Å². The first-order chi connectivity index (χ1) is 11.9. The summed E-state index contributed by atoms with van der Waals surface area (Å²) in [4.78, 5) is 9.85. The second kappa shape index (κ2) is 10.5. The van der Waals surface area contributed by atoms with Crippen molar-refractivity contribution < 1.29 is 0 Å². The molecule has 0 unspecified atom stereocenters. The fraction of sp³-hybridized carbons (Fsp3) is 0.364. The lowest BCUT2D eigenvalue weighted by Crippen LogP contribution is -2.18. The Morgan fingerprint density at radius 3 is 1.33 bits per heavy atom. The van der Waals surface area contributed by atoms with Crippen LogP contribution in [0.4, 0.5) is 0 Å². The highest BCUT2D eigenvalue weighted by Crippen LogP contribution is 2.12. The maximum Gasteiger partial charge on any atom is 0.0904 e. The van der Waals surface area contributed by atoms with Crippen LogP contribution in [-0.4, -0.2) is 24.5 Å². The second-order valence-corrected chi connectivity index (χ2v) is 5.90. The Kier molecular flexibility index (Phi) is 7.96. The molecule has 0 atom stereocenters. The molecule has 24 heavy (non-hydrogen) atoms. The summed E-state index contributed by atoms with van der Waals surface area (Å²) in [7, 11) is 0. The van der Waals surface area contributed by atoms with Gasteiger partial charge >= 0.3 is 0 Å². The van der Waals surface area contributed by atoms with E-state index in [4.69, 9.17) is 9.98 Å². The summed E-state index contributed by atoms with van der Waals surface area (Å²) in [5.41, 5.74) is 4.33. The van der Waals surface area contributed by atoms with Crippen LogP contribution in [0.1, 0.15) is 50.7 Å². The van der Waals surface area contributed by atoms with Gasteiger partial charge in [0.1, 0.15) is 0 Å². The highest BCUT2D eigenvalue weighted by atomic mass is 14.8. The van der Waals surface area contributed by atoms with Gasteiger partial charge in [0.2, 0.25) is 0 Å². The molecule has 0 radical (unpaired) electrons. The van der Waals surface area contributed by atoms with Crippen LogP contribution >= 0.6 is 0 Å². The topological polar surface area (TPSA) is 24.7 Å². The molecule has 2 nitrogen and oxygen atoms in total. The first-order valence-corrected chi connectivity index (χ1v) is 9.07. The molecular weight excluding hydrogens is 292 g/mol. The van der Waals surface area contributed by atoms with Crippen LogP contribution in [0.2, 0.25) is 0 Å². The summed E-state index contributed by atoms with van der Waals surface area (Å²) in [6.07, 6.45) is 4.51. The maximum atomic E-state index is 4.93. The summed E-state index contributed by atoms with van der Waals surface area (Å²) in [6.45, 7) is 6.09. The SMILES string of the molecule is CCCC/N=C(/C(=N/CCCC)c1ccccc1)c1ccccc1. The largest absolute Gasteiger partial charge is 0.282 e. The molecule has 2 rings (SSSR count). The summed E-state index contributed by atoms with van der Waals surface area (Å²) >= 11 is 0. The molecule has 0 aliphatic carbocycles. The predicted octanol–water partition coefficient (Wildman–Crippen LogP) is 5.57. The van der Waals surface area contributed by atoms with Gasteiger partial charge in [-0.05, 0) is 12.8 Å². The number of hydrogen-bond donors (Lipinski definition) is 0. The van der Waals surface area contributed by atoms with E-state index in [0.717, 1.165) is 61.3 Å². The maximum absolute atomic E-state index is 4.93. The molecular formula is C22H28N2. The van der Waals surface area contributed by atoms with Crippen molar-refractivity contribution in [2.75, 3.05) is 13.1 Å². The summed E-state index contributed by atoms with van der Waals surface area (Å²) in [6, 6.07) is 20.9. The zero-order valence-corrected chi connectivity index (χ0v) is 14.9. The number of nitrogens with zero attached hydrogens (tertiary/aromatic N) is 2. The van der Waals surface area contributed by atoms with Crippen molar-refractivity contribution in [3.63, 3.8) is 0 Å². The summed E-state index contributed by atoms with van der Waals surface area (Å²) in [5.74, 6) is 0. The number of unbranched alkanes of at least 4 members (excludes halogenated alkanes) is 2. The normalized spacial score (nSPS) is 12.4. The molecule has 0 saturated heterocycles. The second-order valence-electron chi connectivity index (χ2n) is 5.90. The average molecular weight is 320 g/mol. The minimum absolute atomic E-state index is 0.848. The van der Waals surface area contributed by atoms with E-state index in [2.05, 4.69) is 62.4 Å². The van der Waals surface area contributed by atoms with Gasteiger partial charge in [-0.3, -0.25) is 9.98 Å². The molecule has 2 aromatic rings. The first-order valence-electron chi connectivity index (χ1n) is 9.07. The van der Waals surface area contributed by atoms with Crippen molar-refractivity contribution >= 4 is 11.4 Å². The van der Waals surface area contributed by atoms with E-state index in [9.17, 15) is 0 Å². The van der Waals surface area contributed by atoms with E-state index >= 15 is 0 Å². The van der Waals surface area contributed by atoms with Crippen molar-refractivity contribution in [3.05, 3.63) is 71.8 Å². The number of benzene rings is 2. The van der Waals surface area contributed by atoms with E-state index in [1.165, 1.54) is 0 Å². The molecule has 0 N–H and O–H groups in total. The van der Waals surface area contributed by atoms with E-state index in [-0.39, 0.29) is 0 Å². The third-order valence-electron chi connectivity index (χ3n) is 3.88. The Bertz CT molecular complexity index is 583. The highest BCUT2D eigenvalue weighted by Gasteiger charge is 2.13. The monoisotopic (exact) mass is 320 g/mol. The third kappa shape index (κ3) is 5.45. The molecule has 0 spiro atoms. The predicted molar refractivity (Wildman–Crippen MR) is 106 cm³/mol. The molecule has 0 heterocycles. The van der Waals surface area contributed by atoms with Gasteiger partial charge in [0, 0.05) is 24.2 Å². The van der Waals surface area contributed by atoms with Gasteiger partial charge in [0.15, 0.2) is 0 Å². The van der Waals surface area contributed by atoms with Gasteiger partial charge in [-0.2, -0.15) is 0 Å². The zero-order valence-electron chi connectivity index (χ0n) is 14.9. The lowest BCUT2D eigenvalue weighted by atomic mass is 9.99. The summed E-state index contributed by atoms with van der Waals surface area (Å²) < 4.78 is 0. The molecule has 0 amide bonds. The zero-order chi connectivity index (χ0) is 17.0. The minimum Gasteiger partial charge on any atom is -0.282 e. The molecule has 0 aliphatic rings. The van der Waals surface area contributed by atoms with E-state index in [1.807, 2.05) is 12.1 Å². The molecule has 0 fully saturated rings. The van der Waals surface area contributed by atoms with Crippen molar-refractivity contribution in [2.45, 2.75) is 39.5 Å². The Hall–Kier alpha value is -2.22. The fourth-order valence-electron chi connectivity index (χ4n) is 2.50. The van der Waals surface area contributed by atoms with Crippen LogP contribution in [0.3, 0.4) is 0 Å². The fourth-order valence-corrected chi connectivity index (χ4v) is 2.50. The van der Waals surface area contributed by atoms with Crippen LogP contribution in [0, 0.1) is 0 Å². The van der Waals surface area contributed by atoms with Gasteiger partial charge in [-0.15, -0.1) is 0 Å². The Morgan fingerprint density at radius 1 is 0.625 bits per heavy atom. The van der Waals surface area contributed by atoms with E-state index < -0.39 is 0 Å². The lowest BCUT2D eigenvalue weighted by Gasteiger charge is -2.12. The standard InChI is InChI=1S/C22H28N2/c1-3-5-17-23-21(19-13-9-7-10-14-19)22(24-18-6-4-2)20-15-11-8-12-16-20/h7-16H,3-6,17-18H2,1-2H3/b23-21+,24-22+. The average Bonchev–Trinajstić information content (AvgIpc) is 2.65. The quantitative estimate of drug-likeness (QED) is 0.426. The molecule has 126 valence electrons. The molecule has 0 aliphatic heterocycles. The first kappa shape index (κ1) is 18.1. The van der Waals surface area contributed by atoms with Crippen molar-refractivity contribution in [1.82, 2.24) is 0 Å². The Balaban J connectivity index is 2.44. The number of aliphatic imine (C=N–C) groups is 2. The van der Waals surface area contributed by atoms with Gasteiger partial charge in [0.25, 0.3) is 0 Å². The van der Waals surface area contributed by atoms with Crippen LogP contribution in [0.25, 0.3) is 0 Å². The summed E-state index contributed by atoms with van der Waals surface area (Å²) in [5, 5.41) is 0. The van der Waals surface area contributed by atoms with Crippen LogP contribution < -0.4 is 0 Å². The van der Waals surface area contributed by atoms with Crippen LogP contribution in [-0.2, 0) is 0 Å². The van der Waals surface area contributed by atoms with Gasteiger partial charge in [-0.1, -0.05) is 87.4 Å². The van der Waals surface area contributed by atoms with Crippen molar-refractivity contribution in [2.24, 2.45) is 9.98 Å². The van der Waals surface area contributed by atoms with E-state index in [0.29, 0.717) is 0 Å². The van der Waals surface area contributed by atoms with Gasteiger partial charge in [-0.25, -0.2) is 0 Å². The molecule has 0 saturated carbocycles. The Labute approximate surface area is 146 Å². The number of rotatable bonds is 9. The van der Waals surface area contributed by atoms with E-state index in [1.54, 1.807) is 0 Å². The molecule has 0 bridgehead atoms. The minimum atomic E-state index is 0.848.